The van der Waals surface area contributed by atoms with E-state index in [4.69, 9.17) is 0 Å². The number of aryl methyl sites for hydroxylation is 1. The molecule has 2 amide bonds. The molecule has 35 heavy (non-hydrogen) atoms. The summed E-state index contributed by atoms with van der Waals surface area (Å²) in [5.41, 5.74) is 1.25. The molecule has 1 N–H and O–H groups in total. The lowest BCUT2D eigenvalue weighted by Crippen LogP contribution is -2.46. The first-order valence-electron chi connectivity index (χ1n) is 11.9. The number of amides is 2. The van der Waals surface area contributed by atoms with Crippen LogP contribution >= 0.6 is 0 Å². The van der Waals surface area contributed by atoms with Crippen molar-refractivity contribution >= 4 is 23.8 Å². The van der Waals surface area contributed by atoms with Crippen LogP contribution in [-0.4, -0.2) is 40.8 Å². The lowest BCUT2D eigenvalue weighted by molar-refractivity contribution is -0.141. The van der Waals surface area contributed by atoms with Crippen molar-refractivity contribution in [2.75, 3.05) is 18.0 Å². The minimum absolute atomic E-state index is 0.0139. The molecule has 1 fully saturated rings. The standard InChI is InChI=1S/C26H33F3N4O2/c1-5-18-9-10-21(33(17-34)23-8-6-7-22(30-23)26(27,28)29)15-20(18)16-32-13-11-19(12-14-32)24(35)31-25(2,3)4/h6-10,15,17,19H,5,11-14,16H2,1-4H3,(H,31,35). The zero-order valence-electron chi connectivity index (χ0n) is 20.7. The Morgan fingerprint density at radius 1 is 1.14 bits per heavy atom. The van der Waals surface area contributed by atoms with Crippen LogP contribution in [0.1, 0.15) is 57.4 Å². The van der Waals surface area contributed by atoms with Crippen molar-refractivity contribution in [3.8, 4) is 0 Å². The van der Waals surface area contributed by atoms with Crippen LogP contribution in [0, 0.1) is 5.92 Å². The third kappa shape index (κ3) is 7.04. The van der Waals surface area contributed by atoms with Crippen molar-refractivity contribution in [1.82, 2.24) is 15.2 Å². The normalized spacial score (nSPS) is 15.6. The van der Waals surface area contributed by atoms with Gasteiger partial charge in [0.25, 0.3) is 0 Å². The van der Waals surface area contributed by atoms with E-state index in [-0.39, 0.29) is 23.2 Å². The van der Waals surface area contributed by atoms with E-state index in [0.717, 1.165) is 54.4 Å². The van der Waals surface area contributed by atoms with Gasteiger partial charge < -0.3 is 5.32 Å². The van der Waals surface area contributed by atoms with Gasteiger partial charge in [0.15, 0.2) is 0 Å². The second-order valence-electron chi connectivity index (χ2n) is 9.95. The molecule has 0 spiro atoms. The maximum Gasteiger partial charge on any atom is 0.433 e. The molecule has 0 bridgehead atoms. The van der Waals surface area contributed by atoms with Gasteiger partial charge in [-0.15, -0.1) is 0 Å². The van der Waals surface area contributed by atoms with E-state index < -0.39 is 11.9 Å². The van der Waals surface area contributed by atoms with Gasteiger partial charge in [0.1, 0.15) is 11.5 Å². The summed E-state index contributed by atoms with van der Waals surface area (Å²) in [6, 6.07) is 8.96. The molecule has 9 heteroatoms. The van der Waals surface area contributed by atoms with Gasteiger partial charge in [0.2, 0.25) is 12.3 Å². The minimum Gasteiger partial charge on any atom is -0.351 e. The number of alkyl halides is 3. The zero-order valence-corrected chi connectivity index (χ0v) is 20.7. The number of pyridine rings is 1. The summed E-state index contributed by atoms with van der Waals surface area (Å²) in [6.07, 6.45) is -1.82. The van der Waals surface area contributed by atoms with Crippen LogP contribution in [-0.2, 0) is 28.7 Å². The van der Waals surface area contributed by atoms with Crippen LogP contribution in [0.15, 0.2) is 36.4 Å². The predicted octanol–water partition coefficient (Wildman–Crippen LogP) is 5.08. The number of hydrogen-bond donors (Lipinski definition) is 1. The molecule has 1 aromatic heterocycles. The lowest BCUT2D eigenvalue weighted by Gasteiger charge is -2.33. The second-order valence-corrected chi connectivity index (χ2v) is 9.95. The number of hydrogen-bond acceptors (Lipinski definition) is 4. The molecule has 2 heterocycles. The van der Waals surface area contributed by atoms with E-state index in [0.29, 0.717) is 18.6 Å². The highest BCUT2D eigenvalue weighted by molar-refractivity contribution is 5.85. The van der Waals surface area contributed by atoms with Crippen LogP contribution in [0.3, 0.4) is 0 Å². The Hall–Kier alpha value is -2.94. The monoisotopic (exact) mass is 490 g/mol. The molecule has 1 aliphatic rings. The molecule has 1 aromatic carbocycles. The smallest absolute Gasteiger partial charge is 0.351 e. The molecular formula is C26H33F3N4O2. The molecule has 1 aliphatic heterocycles. The summed E-state index contributed by atoms with van der Waals surface area (Å²) in [6.45, 7) is 10.1. The van der Waals surface area contributed by atoms with Crippen LogP contribution in [0.5, 0.6) is 0 Å². The van der Waals surface area contributed by atoms with E-state index >= 15 is 0 Å². The third-order valence-electron chi connectivity index (χ3n) is 6.08. The van der Waals surface area contributed by atoms with Crippen LogP contribution in [0.2, 0.25) is 0 Å². The van der Waals surface area contributed by atoms with E-state index in [1.165, 1.54) is 12.1 Å². The molecule has 2 aromatic rings. The molecule has 6 nitrogen and oxygen atoms in total. The third-order valence-corrected chi connectivity index (χ3v) is 6.08. The molecule has 0 atom stereocenters. The largest absolute Gasteiger partial charge is 0.433 e. The molecule has 3 rings (SSSR count). The Balaban J connectivity index is 1.76. The summed E-state index contributed by atoms with van der Waals surface area (Å²) < 4.78 is 39.4. The van der Waals surface area contributed by atoms with Crippen LogP contribution in [0.4, 0.5) is 24.7 Å². The second kappa shape index (κ2) is 10.8. The number of piperidine rings is 1. The number of anilines is 2. The van der Waals surface area contributed by atoms with Crippen molar-refractivity contribution in [3.05, 3.63) is 53.2 Å². The fourth-order valence-electron chi connectivity index (χ4n) is 4.28. The zero-order chi connectivity index (χ0) is 25.8. The summed E-state index contributed by atoms with van der Waals surface area (Å²) in [5.74, 6) is -0.0145. The van der Waals surface area contributed by atoms with E-state index in [1.807, 2.05) is 39.8 Å². The quantitative estimate of drug-likeness (QED) is 0.550. The molecule has 0 aliphatic carbocycles. The number of halogens is 3. The summed E-state index contributed by atoms with van der Waals surface area (Å²) in [4.78, 5) is 31.4. The number of carbonyl (C=O) groups is 2. The van der Waals surface area contributed by atoms with Crippen molar-refractivity contribution in [3.63, 3.8) is 0 Å². The number of rotatable bonds is 7. The number of aromatic nitrogens is 1. The lowest BCUT2D eigenvalue weighted by atomic mass is 9.93. The number of likely N-dealkylation sites (tertiary alicyclic amines) is 1. The fourth-order valence-corrected chi connectivity index (χ4v) is 4.28. The Morgan fingerprint density at radius 3 is 2.40 bits per heavy atom. The number of benzene rings is 1. The Kier molecular flexibility index (Phi) is 8.20. The summed E-state index contributed by atoms with van der Waals surface area (Å²) in [5, 5.41) is 3.05. The van der Waals surface area contributed by atoms with E-state index in [2.05, 4.69) is 15.2 Å². The fraction of sp³-hybridized carbons (Fsp3) is 0.500. The molecule has 0 unspecified atom stereocenters. The first kappa shape index (κ1) is 26.7. The minimum atomic E-state index is -4.60. The highest BCUT2D eigenvalue weighted by Gasteiger charge is 2.33. The maximum absolute atomic E-state index is 13.1. The average Bonchev–Trinajstić information content (AvgIpc) is 2.79. The topological polar surface area (TPSA) is 65.5 Å². The highest BCUT2D eigenvalue weighted by atomic mass is 19.4. The van der Waals surface area contributed by atoms with Crippen LogP contribution in [0.25, 0.3) is 0 Å². The molecule has 190 valence electrons. The van der Waals surface area contributed by atoms with Gasteiger partial charge in [-0.2, -0.15) is 13.2 Å². The Morgan fingerprint density at radius 2 is 1.83 bits per heavy atom. The van der Waals surface area contributed by atoms with Crippen molar-refractivity contribution in [2.24, 2.45) is 5.92 Å². The first-order valence-corrected chi connectivity index (χ1v) is 11.9. The van der Waals surface area contributed by atoms with Gasteiger partial charge in [-0.25, -0.2) is 4.98 Å². The van der Waals surface area contributed by atoms with Gasteiger partial charge in [-0.3, -0.25) is 19.4 Å². The van der Waals surface area contributed by atoms with Gasteiger partial charge >= 0.3 is 6.18 Å². The van der Waals surface area contributed by atoms with Gasteiger partial charge in [-0.05, 0) is 88.5 Å². The number of nitrogens with one attached hydrogen (secondary N) is 1. The SMILES string of the molecule is CCc1ccc(N(C=O)c2cccc(C(F)(F)F)n2)cc1CN1CCC(C(=O)NC(C)(C)C)CC1. The highest BCUT2D eigenvalue weighted by Crippen LogP contribution is 2.31. The molecular weight excluding hydrogens is 457 g/mol. The average molecular weight is 491 g/mol. The Labute approximate surface area is 204 Å². The molecule has 1 saturated heterocycles. The van der Waals surface area contributed by atoms with Crippen molar-refractivity contribution < 1.29 is 22.8 Å². The van der Waals surface area contributed by atoms with Crippen molar-refractivity contribution in [1.29, 1.82) is 0 Å². The van der Waals surface area contributed by atoms with E-state index in [1.54, 1.807) is 6.07 Å². The van der Waals surface area contributed by atoms with Gasteiger partial charge in [0.05, 0.1) is 5.69 Å². The summed E-state index contributed by atoms with van der Waals surface area (Å²) >= 11 is 0. The first-order chi connectivity index (χ1) is 16.4. The van der Waals surface area contributed by atoms with Gasteiger partial charge in [-0.1, -0.05) is 19.1 Å². The number of carbonyl (C=O) groups excluding carboxylic acids is 2. The molecule has 0 radical (unpaired) electrons. The maximum atomic E-state index is 13.1. The van der Waals surface area contributed by atoms with Crippen molar-refractivity contribution in [2.45, 2.75) is 65.2 Å². The number of nitrogens with zero attached hydrogens (tertiary/aromatic N) is 3. The summed E-state index contributed by atoms with van der Waals surface area (Å²) in [7, 11) is 0. The van der Waals surface area contributed by atoms with E-state index in [9.17, 15) is 22.8 Å². The Bertz CT molecular complexity index is 1040. The van der Waals surface area contributed by atoms with Gasteiger partial charge in [0, 0.05) is 18.0 Å². The molecule has 0 saturated carbocycles. The predicted molar refractivity (Wildman–Crippen MR) is 129 cm³/mol. The van der Waals surface area contributed by atoms with Crippen LogP contribution < -0.4 is 10.2 Å².